The third-order valence-corrected chi connectivity index (χ3v) is 5.22. The fourth-order valence-corrected chi connectivity index (χ4v) is 3.60. The molecule has 4 N–H and O–H groups in total. The normalized spacial score (nSPS) is 11.5. The van der Waals surface area contributed by atoms with Crippen molar-refractivity contribution in [3.8, 4) is 11.4 Å². The van der Waals surface area contributed by atoms with Gasteiger partial charge < -0.3 is 21.1 Å². The van der Waals surface area contributed by atoms with Gasteiger partial charge in [-0.15, -0.1) is 0 Å². The number of benzene rings is 2. The number of hydrogen-bond acceptors (Lipinski definition) is 8. The van der Waals surface area contributed by atoms with Gasteiger partial charge in [-0.1, -0.05) is 36.4 Å². The number of nitrogens with one attached hydrogen (secondary N) is 2. The molecular weight excluding hydrogens is 461 g/mol. The van der Waals surface area contributed by atoms with Crippen molar-refractivity contribution in [2.75, 3.05) is 10.6 Å². The highest BCUT2D eigenvalue weighted by atomic mass is 19.1. The van der Waals surface area contributed by atoms with Gasteiger partial charge in [-0.05, 0) is 48.7 Å². The van der Waals surface area contributed by atoms with Crippen LogP contribution in [-0.4, -0.2) is 32.1 Å². The molecule has 10 heteroatoms. The van der Waals surface area contributed by atoms with E-state index in [9.17, 15) is 9.18 Å². The van der Waals surface area contributed by atoms with Crippen LogP contribution in [0.2, 0.25) is 0 Å². The number of halogens is 1. The summed E-state index contributed by atoms with van der Waals surface area (Å²) in [5.74, 6) is 1.07. The van der Waals surface area contributed by atoms with E-state index in [0.717, 1.165) is 11.1 Å². The molecule has 0 radical (unpaired) electrons. The van der Waals surface area contributed by atoms with Crippen LogP contribution >= 0.6 is 0 Å². The van der Waals surface area contributed by atoms with E-state index in [1.807, 2.05) is 31.2 Å². The number of amides is 1. The summed E-state index contributed by atoms with van der Waals surface area (Å²) >= 11 is 0. The Hall–Kier alpha value is -4.60. The molecule has 1 atom stereocenters. The van der Waals surface area contributed by atoms with E-state index in [-0.39, 0.29) is 18.5 Å². The summed E-state index contributed by atoms with van der Waals surface area (Å²) in [5.41, 5.74) is 8.03. The zero-order valence-corrected chi connectivity index (χ0v) is 19.7. The third-order valence-electron chi connectivity index (χ3n) is 5.22. The molecule has 0 spiro atoms. The highest BCUT2D eigenvalue weighted by molar-refractivity contribution is 5.64. The highest BCUT2D eigenvalue weighted by Gasteiger charge is 2.10. The standard InChI is InChI=1S/C26H26FN7O2/c1-17(13-18-5-4-6-19(14-18)16-36-25(28)35)32-26-30-12-10-23(34-26)31-15-20-9-11-29-24(33-20)21-7-2-3-8-22(21)27/h2-12,14,17H,13,15-16H2,1H3,(H2,28,35)(H2,30,31,32,34)/t17-/m0/s1. The molecule has 0 aliphatic heterocycles. The Kier molecular flexibility index (Phi) is 7.97. The number of rotatable bonds is 10. The van der Waals surface area contributed by atoms with E-state index in [2.05, 4.69) is 30.6 Å². The van der Waals surface area contributed by atoms with E-state index >= 15 is 0 Å². The van der Waals surface area contributed by atoms with Gasteiger partial charge >= 0.3 is 6.09 Å². The molecule has 0 fully saturated rings. The molecule has 2 aromatic heterocycles. The lowest BCUT2D eigenvalue weighted by molar-refractivity contribution is 0.150. The predicted molar refractivity (Wildman–Crippen MR) is 134 cm³/mol. The number of primary amides is 1. The van der Waals surface area contributed by atoms with E-state index in [0.29, 0.717) is 41.8 Å². The van der Waals surface area contributed by atoms with Crippen LogP contribution in [0.25, 0.3) is 11.4 Å². The van der Waals surface area contributed by atoms with Crippen molar-refractivity contribution in [3.63, 3.8) is 0 Å². The van der Waals surface area contributed by atoms with Crippen molar-refractivity contribution < 1.29 is 13.9 Å². The van der Waals surface area contributed by atoms with E-state index in [1.165, 1.54) is 6.07 Å². The number of ether oxygens (including phenoxy) is 1. The minimum Gasteiger partial charge on any atom is -0.445 e. The highest BCUT2D eigenvalue weighted by Crippen LogP contribution is 2.19. The van der Waals surface area contributed by atoms with Crippen molar-refractivity contribution in [2.24, 2.45) is 5.73 Å². The fourth-order valence-electron chi connectivity index (χ4n) is 3.60. The molecular formula is C26H26FN7O2. The number of nitrogens with zero attached hydrogens (tertiary/aromatic N) is 4. The monoisotopic (exact) mass is 487 g/mol. The van der Waals surface area contributed by atoms with Crippen molar-refractivity contribution in [3.05, 3.63) is 95.7 Å². The molecule has 1 amide bonds. The zero-order valence-electron chi connectivity index (χ0n) is 19.7. The topological polar surface area (TPSA) is 128 Å². The zero-order chi connectivity index (χ0) is 25.3. The van der Waals surface area contributed by atoms with Crippen LogP contribution in [0.3, 0.4) is 0 Å². The van der Waals surface area contributed by atoms with E-state index in [4.69, 9.17) is 10.5 Å². The summed E-state index contributed by atoms with van der Waals surface area (Å²) < 4.78 is 18.9. The Morgan fingerprint density at radius 1 is 1.03 bits per heavy atom. The number of anilines is 2. The predicted octanol–water partition coefficient (Wildman–Crippen LogP) is 4.32. The van der Waals surface area contributed by atoms with E-state index in [1.54, 1.807) is 42.7 Å². The van der Waals surface area contributed by atoms with Crippen LogP contribution in [0, 0.1) is 5.82 Å². The molecule has 4 rings (SSSR count). The summed E-state index contributed by atoms with van der Waals surface area (Å²) in [5, 5.41) is 6.52. The van der Waals surface area contributed by atoms with Gasteiger partial charge in [0, 0.05) is 18.4 Å². The molecule has 0 saturated heterocycles. The van der Waals surface area contributed by atoms with Crippen molar-refractivity contribution >= 4 is 17.9 Å². The molecule has 36 heavy (non-hydrogen) atoms. The smallest absolute Gasteiger partial charge is 0.404 e. The first-order valence-corrected chi connectivity index (χ1v) is 11.4. The first kappa shape index (κ1) is 24.5. The molecule has 0 unspecified atom stereocenters. The van der Waals surface area contributed by atoms with Crippen molar-refractivity contribution in [2.45, 2.75) is 32.5 Å². The SMILES string of the molecule is C[C@@H](Cc1cccc(COC(N)=O)c1)Nc1nccc(NCc2ccnc(-c3ccccc3F)n2)n1. The van der Waals surface area contributed by atoms with Gasteiger partial charge in [0.1, 0.15) is 18.2 Å². The second-order valence-electron chi connectivity index (χ2n) is 8.15. The minimum atomic E-state index is -0.800. The quantitative estimate of drug-likeness (QED) is 0.302. The van der Waals surface area contributed by atoms with Gasteiger partial charge in [-0.3, -0.25) is 0 Å². The van der Waals surface area contributed by atoms with Crippen LogP contribution < -0.4 is 16.4 Å². The molecule has 0 bridgehead atoms. The van der Waals surface area contributed by atoms with Crippen LogP contribution in [0.5, 0.6) is 0 Å². The van der Waals surface area contributed by atoms with Crippen LogP contribution in [0.1, 0.15) is 23.7 Å². The van der Waals surface area contributed by atoms with Crippen molar-refractivity contribution in [1.82, 2.24) is 19.9 Å². The molecule has 0 aliphatic rings. The average Bonchev–Trinajstić information content (AvgIpc) is 2.87. The first-order chi connectivity index (χ1) is 17.5. The Balaban J connectivity index is 1.34. The Labute approximate surface area is 208 Å². The summed E-state index contributed by atoms with van der Waals surface area (Å²) in [4.78, 5) is 28.3. The molecule has 2 aromatic carbocycles. The molecule has 0 aliphatic carbocycles. The van der Waals surface area contributed by atoms with Gasteiger partial charge in [-0.25, -0.2) is 24.1 Å². The van der Waals surface area contributed by atoms with Crippen LogP contribution in [0.4, 0.5) is 21.0 Å². The van der Waals surface area contributed by atoms with Gasteiger partial charge in [0.2, 0.25) is 5.95 Å². The van der Waals surface area contributed by atoms with E-state index < -0.39 is 6.09 Å². The maximum absolute atomic E-state index is 14.1. The van der Waals surface area contributed by atoms with Gasteiger partial charge in [0.15, 0.2) is 5.82 Å². The maximum Gasteiger partial charge on any atom is 0.404 e. The Morgan fingerprint density at radius 2 is 1.83 bits per heavy atom. The number of nitrogens with two attached hydrogens (primary N) is 1. The maximum atomic E-state index is 14.1. The van der Waals surface area contributed by atoms with Gasteiger partial charge in [0.05, 0.1) is 17.8 Å². The molecule has 184 valence electrons. The number of hydrogen-bond donors (Lipinski definition) is 3. The molecule has 0 saturated carbocycles. The van der Waals surface area contributed by atoms with Crippen LogP contribution in [0.15, 0.2) is 73.1 Å². The summed E-state index contributed by atoms with van der Waals surface area (Å²) in [6.07, 6.45) is 3.18. The van der Waals surface area contributed by atoms with Crippen molar-refractivity contribution in [1.29, 1.82) is 0 Å². The number of carbonyl (C=O) groups excluding carboxylic acids is 1. The number of aromatic nitrogens is 4. The largest absolute Gasteiger partial charge is 0.445 e. The summed E-state index contributed by atoms with van der Waals surface area (Å²) in [7, 11) is 0. The Bertz CT molecular complexity index is 1330. The van der Waals surface area contributed by atoms with Crippen LogP contribution in [-0.2, 0) is 24.3 Å². The second-order valence-corrected chi connectivity index (χ2v) is 8.15. The Morgan fingerprint density at radius 3 is 2.67 bits per heavy atom. The lowest BCUT2D eigenvalue weighted by atomic mass is 10.0. The molecule has 9 nitrogen and oxygen atoms in total. The molecule has 2 heterocycles. The lowest BCUT2D eigenvalue weighted by Gasteiger charge is -2.15. The third kappa shape index (κ3) is 6.95. The average molecular weight is 488 g/mol. The number of carbonyl (C=O) groups is 1. The fraction of sp³-hybridized carbons (Fsp3) is 0.192. The summed E-state index contributed by atoms with van der Waals surface area (Å²) in [6.45, 7) is 2.55. The van der Waals surface area contributed by atoms with Gasteiger partial charge in [-0.2, -0.15) is 4.98 Å². The second kappa shape index (κ2) is 11.7. The lowest BCUT2D eigenvalue weighted by Crippen LogP contribution is -2.20. The minimum absolute atomic E-state index is 0.0396. The first-order valence-electron chi connectivity index (χ1n) is 11.4. The molecule has 4 aromatic rings. The summed E-state index contributed by atoms with van der Waals surface area (Å²) in [6, 6.07) is 17.7. The van der Waals surface area contributed by atoms with Gasteiger partial charge in [0.25, 0.3) is 0 Å².